The third kappa shape index (κ3) is 3.47. The van der Waals surface area contributed by atoms with Crippen LogP contribution in [0.15, 0.2) is 54.3 Å². The van der Waals surface area contributed by atoms with Gasteiger partial charge < -0.3 is 0 Å². The number of allylic oxidation sites excluding steroid dienone is 2. The molecule has 0 bridgehead atoms. The van der Waals surface area contributed by atoms with E-state index in [0.29, 0.717) is 0 Å². The molecule has 1 fully saturated rings. The molecule has 0 N–H and O–H groups in total. The van der Waals surface area contributed by atoms with E-state index in [0.717, 1.165) is 6.42 Å². The van der Waals surface area contributed by atoms with Crippen LogP contribution in [-0.2, 0) is 0 Å². The summed E-state index contributed by atoms with van der Waals surface area (Å²) in [4.78, 5) is 0. The predicted octanol–water partition coefficient (Wildman–Crippen LogP) is 5.14. The van der Waals surface area contributed by atoms with Gasteiger partial charge in [-0.1, -0.05) is 42.8 Å². The minimum Gasteiger partial charge on any atom is -0.117 e. The lowest BCUT2D eigenvalue weighted by Gasteiger charge is -2.11. The number of rotatable bonds is 3. The van der Waals surface area contributed by atoms with Crippen LogP contribution in [0.5, 0.6) is 0 Å². The van der Waals surface area contributed by atoms with Crippen LogP contribution in [0.25, 0.3) is 5.57 Å². The van der Waals surface area contributed by atoms with Crippen LogP contribution in [0.1, 0.15) is 44.1 Å². The lowest BCUT2D eigenvalue weighted by molar-refractivity contribution is 0.600. The molecule has 0 heteroatoms. The van der Waals surface area contributed by atoms with Crippen molar-refractivity contribution in [1.82, 2.24) is 0 Å². The van der Waals surface area contributed by atoms with E-state index in [4.69, 9.17) is 0 Å². The topological polar surface area (TPSA) is 0 Å². The molecule has 0 saturated heterocycles. The molecule has 0 radical (unpaired) electrons. The summed E-state index contributed by atoms with van der Waals surface area (Å²) in [6.07, 6.45) is 9.39. The Morgan fingerprint density at radius 1 is 1.12 bits per heavy atom. The van der Waals surface area contributed by atoms with E-state index in [2.05, 4.69) is 42.6 Å². The van der Waals surface area contributed by atoms with Crippen LogP contribution in [-0.4, -0.2) is 0 Å². The van der Waals surface area contributed by atoms with Crippen molar-refractivity contribution in [2.24, 2.45) is 0 Å². The summed E-state index contributed by atoms with van der Waals surface area (Å²) in [5, 5.41) is 0. The van der Waals surface area contributed by atoms with Crippen molar-refractivity contribution >= 4 is 5.57 Å². The van der Waals surface area contributed by atoms with Crippen LogP contribution in [0.2, 0.25) is 0 Å². The maximum absolute atomic E-state index is 3.85. The molecule has 0 aliphatic heterocycles. The van der Waals surface area contributed by atoms with Crippen LogP contribution >= 0.6 is 0 Å². The van der Waals surface area contributed by atoms with Crippen molar-refractivity contribution in [2.45, 2.75) is 38.5 Å². The highest BCUT2D eigenvalue weighted by Crippen LogP contribution is 2.25. The van der Waals surface area contributed by atoms with E-state index in [1.165, 1.54) is 48.8 Å². The van der Waals surface area contributed by atoms with Crippen molar-refractivity contribution < 1.29 is 0 Å². The first-order valence-electron chi connectivity index (χ1n) is 6.54. The molecule has 0 heterocycles. The largest absolute Gasteiger partial charge is 0.117 e. The second-order valence-electron chi connectivity index (χ2n) is 4.63. The zero-order valence-corrected chi connectivity index (χ0v) is 10.4. The Hall–Kier alpha value is -1.52. The average Bonchev–Trinajstić information content (AvgIpc) is 2.40. The third-order valence-corrected chi connectivity index (χ3v) is 3.26. The van der Waals surface area contributed by atoms with E-state index < -0.39 is 0 Å². The summed E-state index contributed by atoms with van der Waals surface area (Å²) < 4.78 is 0. The van der Waals surface area contributed by atoms with Crippen molar-refractivity contribution in [1.29, 1.82) is 0 Å². The van der Waals surface area contributed by atoms with Gasteiger partial charge in [0, 0.05) is 5.57 Å². The molecule has 0 aromatic heterocycles. The van der Waals surface area contributed by atoms with Crippen LogP contribution in [0.4, 0.5) is 0 Å². The maximum atomic E-state index is 3.85. The Morgan fingerprint density at radius 3 is 2.47 bits per heavy atom. The van der Waals surface area contributed by atoms with Gasteiger partial charge in [-0.05, 0) is 43.2 Å². The van der Waals surface area contributed by atoms with Gasteiger partial charge in [0.05, 0.1) is 0 Å². The molecule has 1 aliphatic rings. The average molecular weight is 224 g/mol. The first kappa shape index (κ1) is 12.0. The SMILES string of the molecule is C=CCC(=C=C1CCCCC1)c1ccccc1. The highest BCUT2D eigenvalue weighted by molar-refractivity contribution is 5.66. The summed E-state index contributed by atoms with van der Waals surface area (Å²) >= 11 is 0. The molecule has 2 rings (SSSR count). The van der Waals surface area contributed by atoms with E-state index in [1.807, 2.05) is 6.08 Å². The summed E-state index contributed by atoms with van der Waals surface area (Å²) in [6, 6.07) is 10.6. The quantitative estimate of drug-likeness (QED) is 0.493. The second kappa shape index (κ2) is 6.27. The van der Waals surface area contributed by atoms with E-state index in [-0.39, 0.29) is 0 Å². The zero-order chi connectivity index (χ0) is 11.9. The first-order valence-corrected chi connectivity index (χ1v) is 6.54. The van der Waals surface area contributed by atoms with Gasteiger partial charge in [0.1, 0.15) is 0 Å². The number of benzene rings is 1. The highest BCUT2D eigenvalue weighted by atomic mass is 14.1. The van der Waals surface area contributed by atoms with Crippen molar-refractivity contribution in [3.63, 3.8) is 0 Å². The van der Waals surface area contributed by atoms with E-state index in [1.54, 1.807) is 0 Å². The third-order valence-electron chi connectivity index (χ3n) is 3.26. The van der Waals surface area contributed by atoms with Gasteiger partial charge in [-0.2, -0.15) is 0 Å². The van der Waals surface area contributed by atoms with Crippen molar-refractivity contribution in [2.75, 3.05) is 0 Å². The normalized spacial score (nSPS) is 15.2. The fraction of sp³-hybridized carbons (Fsp3) is 0.353. The van der Waals surface area contributed by atoms with Crippen LogP contribution in [0.3, 0.4) is 0 Å². The standard InChI is InChI=1S/C17H20/c1-2-9-17(16-12-7-4-8-13-16)14-15-10-5-3-6-11-15/h2,4,7-8,12-13H,1,3,5-6,9-11H2. The summed E-state index contributed by atoms with van der Waals surface area (Å²) in [5.74, 6) is 0. The highest BCUT2D eigenvalue weighted by Gasteiger charge is 2.05. The van der Waals surface area contributed by atoms with Gasteiger partial charge in [0.15, 0.2) is 0 Å². The molecule has 17 heavy (non-hydrogen) atoms. The summed E-state index contributed by atoms with van der Waals surface area (Å²) in [5.41, 5.74) is 7.70. The minimum atomic E-state index is 0.910. The van der Waals surface area contributed by atoms with Gasteiger partial charge in [-0.15, -0.1) is 12.3 Å². The van der Waals surface area contributed by atoms with Crippen molar-refractivity contribution in [3.05, 3.63) is 59.9 Å². The Labute approximate surface area is 104 Å². The number of hydrogen-bond donors (Lipinski definition) is 0. The summed E-state index contributed by atoms with van der Waals surface area (Å²) in [7, 11) is 0. The van der Waals surface area contributed by atoms with Gasteiger partial charge in [-0.25, -0.2) is 0 Å². The molecule has 0 spiro atoms. The second-order valence-corrected chi connectivity index (χ2v) is 4.63. The molecule has 88 valence electrons. The molecular weight excluding hydrogens is 204 g/mol. The Kier molecular flexibility index (Phi) is 4.41. The summed E-state index contributed by atoms with van der Waals surface area (Å²) in [6.45, 7) is 3.85. The lowest BCUT2D eigenvalue weighted by atomic mass is 9.93. The van der Waals surface area contributed by atoms with Gasteiger partial charge in [0.2, 0.25) is 0 Å². The van der Waals surface area contributed by atoms with Gasteiger partial charge in [-0.3, -0.25) is 0 Å². The smallest absolute Gasteiger partial charge is 0.00491 e. The van der Waals surface area contributed by atoms with E-state index in [9.17, 15) is 0 Å². The minimum absolute atomic E-state index is 0.910. The molecule has 1 aromatic carbocycles. The molecule has 0 nitrogen and oxygen atoms in total. The predicted molar refractivity (Wildman–Crippen MR) is 74.8 cm³/mol. The van der Waals surface area contributed by atoms with Crippen LogP contribution in [0, 0.1) is 0 Å². The molecule has 1 saturated carbocycles. The Bertz CT molecular complexity index is 422. The maximum Gasteiger partial charge on any atom is 0.00491 e. The van der Waals surface area contributed by atoms with Crippen LogP contribution < -0.4 is 0 Å². The Balaban J connectivity index is 2.34. The van der Waals surface area contributed by atoms with Crippen molar-refractivity contribution in [3.8, 4) is 0 Å². The first-order chi connectivity index (χ1) is 8.40. The fourth-order valence-electron chi connectivity index (χ4n) is 2.34. The zero-order valence-electron chi connectivity index (χ0n) is 10.4. The van der Waals surface area contributed by atoms with Gasteiger partial charge in [0.25, 0.3) is 0 Å². The molecule has 1 aromatic rings. The Morgan fingerprint density at radius 2 is 1.82 bits per heavy atom. The molecule has 0 amide bonds. The molecule has 0 unspecified atom stereocenters. The number of hydrogen-bond acceptors (Lipinski definition) is 0. The fourth-order valence-corrected chi connectivity index (χ4v) is 2.34. The van der Waals surface area contributed by atoms with E-state index >= 15 is 0 Å². The monoisotopic (exact) mass is 224 g/mol. The molecule has 0 atom stereocenters. The lowest BCUT2D eigenvalue weighted by Crippen LogP contribution is -1.92. The molecular formula is C17H20. The van der Waals surface area contributed by atoms with Gasteiger partial charge >= 0.3 is 0 Å². The molecule has 1 aliphatic carbocycles.